The first kappa shape index (κ1) is 20.7. The van der Waals surface area contributed by atoms with Gasteiger partial charge in [0.1, 0.15) is 5.01 Å². The van der Waals surface area contributed by atoms with Crippen molar-refractivity contribution >= 4 is 44.7 Å². The van der Waals surface area contributed by atoms with Crippen LogP contribution in [0.3, 0.4) is 0 Å². The third-order valence-electron chi connectivity index (χ3n) is 6.11. The third kappa shape index (κ3) is 3.76. The van der Waals surface area contributed by atoms with E-state index in [1.54, 1.807) is 28.4 Å². The molecule has 0 spiro atoms. The van der Waals surface area contributed by atoms with Gasteiger partial charge in [-0.2, -0.15) is 0 Å². The standard InChI is InChI=1S/C26H21N3O4S/c1-15-2-8-20-23(10-15)34-26(28-20)16-3-5-18(6-4-16)27-25(31)17-11-24(30)29(13-17)19-7-9-21-22(12-19)33-14-32-21/h2-10,12,17H,11,13-14H2,1H3,(H,27,31). The average Bonchev–Trinajstić information content (AvgIpc) is 3.56. The van der Waals surface area contributed by atoms with Crippen LogP contribution in [0.5, 0.6) is 11.5 Å². The van der Waals surface area contributed by atoms with E-state index >= 15 is 0 Å². The molecule has 3 aromatic carbocycles. The summed E-state index contributed by atoms with van der Waals surface area (Å²) in [4.78, 5) is 31.8. The molecule has 3 heterocycles. The van der Waals surface area contributed by atoms with Gasteiger partial charge in [-0.15, -0.1) is 11.3 Å². The van der Waals surface area contributed by atoms with Crippen LogP contribution in [0.1, 0.15) is 12.0 Å². The van der Waals surface area contributed by atoms with Gasteiger partial charge in [-0.05, 0) is 61.0 Å². The molecule has 170 valence electrons. The van der Waals surface area contributed by atoms with E-state index in [-0.39, 0.29) is 25.0 Å². The van der Waals surface area contributed by atoms with Crippen molar-refractivity contribution in [1.29, 1.82) is 0 Å². The summed E-state index contributed by atoms with van der Waals surface area (Å²) in [7, 11) is 0. The molecule has 4 aromatic rings. The van der Waals surface area contributed by atoms with Crippen molar-refractivity contribution in [1.82, 2.24) is 4.98 Å². The van der Waals surface area contributed by atoms with Crippen LogP contribution >= 0.6 is 11.3 Å². The van der Waals surface area contributed by atoms with Crippen LogP contribution in [-0.2, 0) is 9.59 Å². The molecule has 2 aliphatic heterocycles. The molecule has 1 N–H and O–H groups in total. The highest BCUT2D eigenvalue weighted by Gasteiger charge is 2.35. The summed E-state index contributed by atoms with van der Waals surface area (Å²) in [6.45, 7) is 2.57. The topological polar surface area (TPSA) is 80.8 Å². The number of fused-ring (bicyclic) bond motifs is 2. The summed E-state index contributed by atoms with van der Waals surface area (Å²) in [6, 6.07) is 19.3. The number of hydrogen-bond donors (Lipinski definition) is 1. The Morgan fingerprint density at radius 1 is 1.06 bits per heavy atom. The molecule has 6 rings (SSSR count). The molecule has 2 aliphatic rings. The maximum absolute atomic E-state index is 12.9. The maximum Gasteiger partial charge on any atom is 0.231 e. The van der Waals surface area contributed by atoms with Gasteiger partial charge in [-0.25, -0.2) is 4.98 Å². The zero-order valence-corrected chi connectivity index (χ0v) is 19.2. The van der Waals surface area contributed by atoms with Crippen LogP contribution in [0, 0.1) is 12.8 Å². The van der Waals surface area contributed by atoms with Gasteiger partial charge in [0.25, 0.3) is 0 Å². The van der Waals surface area contributed by atoms with Crippen LogP contribution in [-0.4, -0.2) is 30.1 Å². The number of aryl methyl sites for hydroxylation is 1. The smallest absolute Gasteiger partial charge is 0.231 e. The summed E-state index contributed by atoms with van der Waals surface area (Å²) in [5, 5.41) is 3.90. The van der Waals surface area contributed by atoms with Gasteiger partial charge in [-0.3, -0.25) is 9.59 Å². The number of nitrogens with zero attached hydrogens (tertiary/aromatic N) is 2. The lowest BCUT2D eigenvalue weighted by atomic mass is 10.1. The minimum Gasteiger partial charge on any atom is -0.454 e. The quantitative estimate of drug-likeness (QED) is 0.453. The van der Waals surface area contributed by atoms with Crippen LogP contribution in [0.15, 0.2) is 60.7 Å². The van der Waals surface area contributed by atoms with Crippen molar-refractivity contribution in [2.75, 3.05) is 23.6 Å². The van der Waals surface area contributed by atoms with Gasteiger partial charge in [-0.1, -0.05) is 6.07 Å². The van der Waals surface area contributed by atoms with Crippen LogP contribution in [0.25, 0.3) is 20.8 Å². The Bertz CT molecular complexity index is 1430. The Balaban J connectivity index is 1.13. The molecule has 34 heavy (non-hydrogen) atoms. The number of carbonyl (C=O) groups is 2. The second-order valence-corrected chi connectivity index (χ2v) is 9.53. The second kappa shape index (κ2) is 8.14. The SMILES string of the molecule is Cc1ccc2nc(-c3ccc(NC(=O)C4CC(=O)N(c5ccc6c(c5)OCO6)C4)cc3)sc2c1. The molecule has 1 atom stereocenters. The van der Waals surface area contributed by atoms with E-state index in [1.165, 1.54) is 5.56 Å². The Hall–Kier alpha value is -3.91. The van der Waals surface area contributed by atoms with Crippen LogP contribution in [0.4, 0.5) is 11.4 Å². The number of thiazole rings is 1. The number of ether oxygens (including phenoxy) is 2. The molecule has 1 fully saturated rings. The largest absolute Gasteiger partial charge is 0.454 e. The lowest BCUT2D eigenvalue weighted by Gasteiger charge is -2.17. The monoisotopic (exact) mass is 471 g/mol. The Morgan fingerprint density at radius 2 is 1.88 bits per heavy atom. The number of amides is 2. The summed E-state index contributed by atoms with van der Waals surface area (Å²) in [5.41, 5.74) is 4.60. The van der Waals surface area contributed by atoms with Crippen LogP contribution < -0.4 is 19.7 Å². The Kier molecular flexibility index (Phi) is 4.95. The normalized spacial score (nSPS) is 16.9. The van der Waals surface area contributed by atoms with E-state index in [9.17, 15) is 9.59 Å². The lowest BCUT2D eigenvalue weighted by Crippen LogP contribution is -2.28. The highest BCUT2D eigenvalue weighted by molar-refractivity contribution is 7.21. The molecule has 0 saturated carbocycles. The van der Waals surface area contributed by atoms with Gasteiger partial charge in [0.05, 0.1) is 16.1 Å². The molecule has 8 heteroatoms. The average molecular weight is 472 g/mol. The minimum absolute atomic E-state index is 0.0829. The predicted octanol–water partition coefficient (Wildman–Crippen LogP) is 4.99. The molecule has 0 radical (unpaired) electrons. The minimum atomic E-state index is -0.426. The van der Waals surface area contributed by atoms with Gasteiger partial charge < -0.3 is 19.7 Å². The van der Waals surface area contributed by atoms with Gasteiger partial charge in [0.15, 0.2) is 11.5 Å². The number of rotatable bonds is 4. The van der Waals surface area contributed by atoms with Crippen molar-refractivity contribution in [2.24, 2.45) is 5.92 Å². The van der Waals surface area contributed by atoms with E-state index < -0.39 is 5.92 Å². The number of aromatic nitrogens is 1. The fourth-order valence-electron chi connectivity index (χ4n) is 4.28. The first-order chi connectivity index (χ1) is 16.5. The van der Waals surface area contributed by atoms with E-state index in [4.69, 9.17) is 14.5 Å². The first-order valence-electron chi connectivity index (χ1n) is 11.0. The highest BCUT2D eigenvalue weighted by atomic mass is 32.1. The number of anilines is 2. The van der Waals surface area contributed by atoms with E-state index in [0.717, 1.165) is 20.8 Å². The molecule has 1 unspecified atom stereocenters. The lowest BCUT2D eigenvalue weighted by molar-refractivity contribution is -0.122. The zero-order chi connectivity index (χ0) is 23.2. The summed E-state index contributed by atoms with van der Waals surface area (Å²) < 4.78 is 11.9. The van der Waals surface area contributed by atoms with Crippen molar-refractivity contribution in [3.05, 3.63) is 66.2 Å². The van der Waals surface area contributed by atoms with Gasteiger partial charge in [0, 0.05) is 36.0 Å². The molecule has 0 bridgehead atoms. The highest BCUT2D eigenvalue weighted by Crippen LogP contribution is 2.37. The molecule has 2 amide bonds. The Labute approximate surface area is 199 Å². The zero-order valence-electron chi connectivity index (χ0n) is 18.4. The summed E-state index contributed by atoms with van der Waals surface area (Å²) in [6.07, 6.45) is 0.170. The molecule has 1 aromatic heterocycles. The number of hydrogen-bond acceptors (Lipinski definition) is 6. The van der Waals surface area contributed by atoms with E-state index in [2.05, 4.69) is 24.4 Å². The molecular formula is C26H21N3O4S. The van der Waals surface area contributed by atoms with Gasteiger partial charge >= 0.3 is 0 Å². The fraction of sp³-hybridized carbons (Fsp3) is 0.192. The molecule has 0 aliphatic carbocycles. The van der Waals surface area contributed by atoms with E-state index in [0.29, 0.717) is 29.4 Å². The Morgan fingerprint density at radius 3 is 2.74 bits per heavy atom. The maximum atomic E-state index is 12.9. The first-order valence-corrected chi connectivity index (χ1v) is 11.8. The third-order valence-corrected chi connectivity index (χ3v) is 7.17. The molecular weight excluding hydrogens is 450 g/mol. The molecule has 7 nitrogen and oxygen atoms in total. The number of carbonyl (C=O) groups excluding carboxylic acids is 2. The second-order valence-electron chi connectivity index (χ2n) is 8.50. The summed E-state index contributed by atoms with van der Waals surface area (Å²) in [5.74, 6) is 0.598. The van der Waals surface area contributed by atoms with Crippen molar-refractivity contribution < 1.29 is 19.1 Å². The number of benzene rings is 3. The fourth-order valence-corrected chi connectivity index (χ4v) is 5.35. The predicted molar refractivity (Wildman–Crippen MR) is 131 cm³/mol. The van der Waals surface area contributed by atoms with Crippen LogP contribution in [0.2, 0.25) is 0 Å². The summed E-state index contributed by atoms with van der Waals surface area (Å²) >= 11 is 1.65. The van der Waals surface area contributed by atoms with Crippen molar-refractivity contribution in [3.63, 3.8) is 0 Å². The van der Waals surface area contributed by atoms with E-state index in [1.807, 2.05) is 36.4 Å². The van der Waals surface area contributed by atoms with Gasteiger partial charge in [0.2, 0.25) is 18.6 Å². The van der Waals surface area contributed by atoms with Crippen molar-refractivity contribution in [3.8, 4) is 22.1 Å². The number of nitrogens with one attached hydrogen (secondary N) is 1. The van der Waals surface area contributed by atoms with Crippen molar-refractivity contribution in [2.45, 2.75) is 13.3 Å². The molecule has 1 saturated heterocycles.